The topological polar surface area (TPSA) is 20.3 Å². The van der Waals surface area contributed by atoms with Gasteiger partial charge in [0.2, 0.25) is 5.91 Å². The number of carbonyl (C=O) groups excluding carboxylic acids is 1. The van der Waals surface area contributed by atoms with Crippen molar-refractivity contribution in [1.29, 1.82) is 0 Å². The molecule has 0 spiro atoms. The molecular formula is C25H41NO. The molecule has 0 fully saturated rings. The summed E-state index contributed by atoms with van der Waals surface area (Å²) in [7, 11) is 0. The summed E-state index contributed by atoms with van der Waals surface area (Å²) >= 11 is 0. The molecule has 0 aliphatic carbocycles. The van der Waals surface area contributed by atoms with E-state index >= 15 is 0 Å². The maximum atomic E-state index is 12.3. The Bertz CT molecular complexity index is 482. The van der Waals surface area contributed by atoms with Gasteiger partial charge in [-0.3, -0.25) is 4.79 Å². The smallest absolute Gasteiger partial charge is 0.226 e. The average molecular weight is 372 g/mol. The van der Waals surface area contributed by atoms with Gasteiger partial charge in [0.15, 0.2) is 0 Å². The molecule has 0 N–H and O–H groups in total. The van der Waals surface area contributed by atoms with Crippen LogP contribution in [0.25, 0.3) is 0 Å². The summed E-state index contributed by atoms with van der Waals surface area (Å²) in [5.41, 5.74) is 1.15. The molecule has 0 bridgehead atoms. The molecule has 0 aromatic heterocycles. The van der Waals surface area contributed by atoms with Crippen LogP contribution >= 0.6 is 0 Å². The van der Waals surface area contributed by atoms with Crippen LogP contribution in [0.1, 0.15) is 102 Å². The van der Waals surface area contributed by atoms with E-state index in [2.05, 4.69) is 25.6 Å². The minimum absolute atomic E-state index is 0.192. The van der Waals surface area contributed by atoms with Crippen molar-refractivity contribution in [2.75, 3.05) is 0 Å². The highest BCUT2D eigenvalue weighted by Crippen LogP contribution is 2.14. The number of benzene rings is 1. The Hall–Kier alpha value is -1.57. The third-order valence-corrected chi connectivity index (χ3v) is 5.23. The van der Waals surface area contributed by atoms with Crippen LogP contribution in [-0.2, 0) is 11.3 Å². The number of carbonyl (C=O) groups is 1. The number of hydrogen-bond donors (Lipinski definition) is 0. The largest absolute Gasteiger partial charge is 0.315 e. The zero-order valence-corrected chi connectivity index (χ0v) is 17.6. The maximum absolute atomic E-state index is 12.3. The zero-order chi connectivity index (χ0) is 19.6. The van der Waals surface area contributed by atoms with Gasteiger partial charge in [0.25, 0.3) is 0 Å². The fourth-order valence-corrected chi connectivity index (χ4v) is 3.47. The van der Waals surface area contributed by atoms with Gasteiger partial charge in [-0.25, -0.2) is 0 Å². The molecule has 27 heavy (non-hydrogen) atoms. The summed E-state index contributed by atoms with van der Waals surface area (Å²) in [5, 5.41) is 0. The molecule has 0 saturated heterocycles. The molecule has 2 nitrogen and oxygen atoms in total. The molecule has 0 aliphatic rings. The zero-order valence-electron chi connectivity index (χ0n) is 17.6. The fraction of sp³-hybridized carbons (Fsp3) is 0.640. The molecular weight excluding hydrogens is 330 g/mol. The lowest BCUT2D eigenvalue weighted by Gasteiger charge is -2.18. The molecule has 0 atom stereocenters. The molecule has 152 valence electrons. The predicted octanol–water partition coefficient (Wildman–Crippen LogP) is 7.64. The monoisotopic (exact) mass is 371 g/mol. The first-order valence-electron chi connectivity index (χ1n) is 11.2. The van der Waals surface area contributed by atoms with Crippen molar-refractivity contribution in [2.24, 2.45) is 0 Å². The van der Waals surface area contributed by atoms with Gasteiger partial charge in [0.05, 0.1) is 6.54 Å². The minimum atomic E-state index is 0.192. The van der Waals surface area contributed by atoms with Crippen molar-refractivity contribution < 1.29 is 4.79 Å². The Morgan fingerprint density at radius 2 is 1.30 bits per heavy atom. The van der Waals surface area contributed by atoms with Crippen molar-refractivity contribution >= 4 is 5.91 Å². The number of nitrogens with zero attached hydrogens (tertiary/aromatic N) is 1. The van der Waals surface area contributed by atoms with E-state index in [-0.39, 0.29) is 5.91 Å². The van der Waals surface area contributed by atoms with Crippen LogP contribution in [0.15, 0.2) is 43.1 Å². The van der Waals surface area contributed by atoms with Gasteiger partial charge in [-0.15, -0.1) is 0 Å². The summed E-state index contributed by atoms with van der Waals surface area (Å²) in [6.45, 7) is 6.70. The van der Waals surface area contributed by atoms with E-state index in [0.29, 0.717) is 13.0 Å². The van der Waals surface area contributed by atoms with E-state index in [9.17, 15) is 4.79 Å². The minimum Gasteiger partial charge on any atom is -0.315 e. The Labute approximate surface area is 168 Å². The predicted molar refractivity (Wildman–Crippen MR) is 118 cm³/mol. The highest BCUT2D eigenvalue weighted by molar-refractivity contribution is 5.77. The Morgan fingerprint density at radius 3 is 1.78 bits per heavy atom. The van der Waals surface area contributed by atoms with Crippen LogP contribution in [-0.4, -0.2) is 10.8 Å². The lowest BCUT2D eigenvalue weighted by Crippen LogP contribution is -2.24. The molecule has 1 rings (SSSR count). The molecule has 1 amide bonds. The number of hydrogen-bond acceptors (Lipinski definition) is 1. The lowest BCUT2D eigenvalue weighted by atomic mass is 10.0. The van der Waals surface area contributed by atoms with Gasteiger partial charge in [0, 0.05) is 6.42 Å². The molecule has 0 aliphatic heterocycles. The molecule has 1 aromatic rings. The van der Waals surface area contributed by atoms with E-state index < -0.39 is 0 Å². The highest BCUT2D eigenvalue weighted by atomic mass is 16.2. The second kappa shape index (κ2) is 16.6. The van der Waals surface area contributed by atoms with Crippen molar-refractivity contribution in [3.8, 4) is 0 Å². The quantitative estimate of drug-likeness (QED) is 0.258. The van der Waals surface area contributed by atoms with Crippen molar-refractivity contribution in [3.63, 3.8) is 0 Å². The first-order chi connectivity index (χ1) is 13.3. The molecule has 2 heteroatoms. The van der Waals surface area contributed by atoms with E-state index in [1.165, 1.54) is 77.0 Å². The Balaban J connectivity index is 1.96. The normalized spacial score (nSPS) is 10.7. The summed E-state index contributed by atoms with van der Waals surface area (Å²) in [6, 6.07) is 10.1. The average Bonchev–Trinajstić information content (AvgIpc) is 2.70. The number of rotatable bonds is 17. The summed E-state index contributed by atoms with van der Waals surface area (Å²) in [5.74, 6) is 0.192. The second-order valence-electron chi connectivity index (χ2n) is 7.68. The SMILES string of the molecule is C=CN(Cc1ccccc1)C(=O)CCCCCCCCCCCCCCC. The third kappa shape index (κ3) is 12.4. The van der Waals surface area contributed by atoms with E-state index in [0.717, 1.165) is 12.0 Å². The van der Waals surface area contributed by atoms with E-state index in [4.69, 9.17) is 0 Å². The number of amides is 1. The van der Waals surface area contributed by atoms with Crippen LogP contribution < -0.4 is 0 Å². The molecule has 0 saturated carbocycles. The van der Waals surface area contributed by atoms with Gasteiger partial charge in [-0.1, -0.05) is 121 Å². The van der Waals surface area contributed by atoms with Crippen LogP contribution in [0.4, 0.5) is 0 Å². The highest BCUT2D eigenvalue weighted by Gasteiger charge is 2.10. The molecule has 1 aromatic carbocycles. The van der Waals surface area contributed by atoms with Gasteiger partial charge >= 0.3 is 0 Å². The summed E-state index contributed by atoms with van der Waals surface area (Å²) < 4.78 is 0. The van der Waals surface area contributed by atoms with Crippen LogP contribution in [0.3, 0.4) is 0 Å². The van der Waals surface area contributed by atoms with Gasteiger partial charge < -0.3 is 4.90 Å². The van der Waals surface area contributed by atoms with Gasteiger partial charge in [-0.2, -0.15) is 0 Å². The first kappa shape index (κ1) is 23.5. The van der Waals surface area contributed by atoms with Crippen LogP contribution in [0.5, 0.6) is 0 Å². The van der Waals surface area contributed by atoms with Crippen LogP contribution in [0, 0.1) is 0 Å². The maximum Gasteiger partial charge on any atom is 0.226 e. The molecule has 0 heterocycles. The Kier molecular flexibility index (Phi) is 14.4. The van der Waals surface area contributed by atoms with Gasteiger partial charge in [0.1, 0.15) is 0 Å². The molecule has 0 unspecified atom stereocenters. The van der Waals surface area contributed by atoms with Crippen LogP contribution in [0.2, 0.25) is 0 Å². The third-order valence-electron chi connectivity index (χ3n) is 5.23. The first-order valence-corrected chi connectivity index (χ1v) is 11.2. The van der Waals surface area contributed by atoms with Crippen molar-refractivity contribution in [1.82, 2.24) is 4.90 Å². The number of unbranched alkanes of at least 4 members (excludes halogenated alkanes) is 12. The fourth-order valence-electron chi connectivity index (χ4n) is 3.47. The van der Waals surface area contributed by atoms with E-state index in [1.807, 2.05) is 18.2 Å². The standard InChI is InChI=1S/C25H41NO/c1-3-5-6-7-8-9-10-11-12-13-14-15-19-22-25(27)26(4-2)23-24-20-17-16-18-21-24/h4,16-18,20-21H,2-3,5-15,19,22-23H2,1H3. The summed E-state index contributed by atoms with van der Waals surface area (Å²) in [4.78, 5) is 14.1. The van der Waals surface area contributed by atoms with Gasteiger partial charge in [-0.05, 0) is 18.2 Å². The summed E-state index contributed by atoms with van der Waals surface area (Å²) in [6.07, 6.45) is 19.6. The second-order valence-corrected chi connectivity index (χ2v) is 7.68. The van der Waals surface area contributed by atoms with Crippen molar-refractivity contribution in [2.45, 2.75) is 103 Å². The van der Waals surface area contributed by atoms with E-state index in [1.54, 1.807) is 11.1 Å². The van der Waals surface area contributed by atoms with Crippen molar-refractivity contribution in [3.05, 3.63) is 48.7 Å². The lowest BCUT2D eigenvalue weighted by molar-refractivity contribution is -0.129. The Morgan fingerprint density at radius 1 is 0.815 bits per heavy atom. The molecule has 0 radical (unpaired) electrons.